The number of aromatic nitrogens is 1. The van der Waals surface area contributed by atoms with Crippen LogP contribution in [0.3, 0.4) is 0 Å². The van der Waals surface area contributed by atoms with Gasteiger partial charge >= 0.3 is 0 Å². The van der Waals surface area contributed by atoms with Crippen LogP contribution in [0, 0.1) is 10.5 Å². The fourth-order valence-corrected chi connectivity index (χ4v) is 2.09. The van der Waals surface area contributed by atoms with Crippen LogP contribution < -0.4 is 5.32 Å². The Hall–Kier alpha value is -0.320. The van der Waals surface area contributed by atoms with E-state index in [0.29, 0.717) is 5.92 Å². The molecular formula is C10H15IN2. The van der Waals surface area contributed by atoms with Crippen LogP contribution in [0.1, 0.15) is 31.0 Å². The molecule has 2 nitrogen and oxygen atoms in total. The lowest BCUT2D eigenvalue weighted by Crippen LogP contribution is -2.03. The molecule has 1 N–H and O–H groups in total. The quantitative estimate of drug-likeness (QED) is 0.846. The second kappa shape index (κ2) is 4.26. The van der Waals surface area contributed by atoms with Crippen LogP contribution >= 0.6 is 22.6 Å². The normalized spacial score (nSPS) is 10.6. The Labute approximate surface area is 93.3 Å². The van der Waals surface area contributed by atoms with Crippen LogP contribution in [0.5, 0.6) is 0 Å². The fraction of sp³-hybridized carbons (Fsp3) is 0.500. The molecule has 0 spiro atoms. The number of hydrogen-bond donors (Lipinski definition) is 1. The second-order valence-electron chi connectivity index (χ2n) is 3.43. The molecule has 0 amide bonds. The van der Waals surface area contributed by atoms with Gasteiger partial charge in [-0.15, -0.1) is 0 Å². The Balaban J connectivity index is 3.25. The van der Waals surface area contributed by atoms with Crippen LogP contribution in [0.4, 0.5) is 5.82 Å². The highest BCUT2D eigenvalue weighted by Gasteiger charge is 2.09. The average Bonchev–Trinajstić information content (AvgIpc) is 2.09. The number of rotatable bonds is 2. The van der Waals surface area contributed by atoms with E-state index in [2.05, 4.69) is 59.7 Å². The molecular weight excluding hydrogens is 275 g/mol. The summed E-state index contributed by atoms with van der Waals surface area (Å²) in [6.07, 6.45) is 0. The summed E-state index contributed by atoms with van der Waals surface area (Å²) in [5.41, 5.74) is 2.48. The first-order valence-corrected chi connectivity index (χ1v) is 5.49. The SMILES string of the molecule is CNc1cc(C)c(I)c(C(C)C)n1. The minimum absolute atomic E-state index is 0.485. The lowest BCUT2D eigenvalue weighted by Gasteiger charge is -2.12. The number of hydrogen-bond acceptors (Lipinski definition) is 2. The van der Waals surface area contributed by atoms with Crippen molar-refractivity contribution in [2.24, 2.45) is 0 Å². The largest absolute Gasteiger partial charge is 0.373 e. The molecule has 3 heteroatoms. The molecule has 0 unspecified atom stereocenters. The van der Waals surface area contributed by atoms with Crippen LogP contribution in [0.2, 0.25) is 0 Å². The van der Waals surface area contributed by atoms with E-state index in [1.807, 2.05) is 7.05 Å². The molecule has 0 radical (unpaired) electrons. The Morgan fingerprint density at radius 1 is 1.46 bits per heavy atom. The van der Waals surface area contributed by atoms with Crippen molar-refractivity contribution in [1.82, 2.24) is 4.98 Å². The summed E-state index contributed by atoms with van der Waals surface area (Å²) in [5, 5.41) is 3.08. The van der Waals surface area contributed by atoms with Crippen molar-refractivity contribution in [3.63, 3.8) is 0 Å². The van der Waals surface area contributed by atoms with Crippen LogP contribution in [-0.2, 0) is 0 Å². The van der Waals surface area contributed by atoms with E-state index < -0.39 is 0 Å². The van der Waals surface area contributed by atoms with Gasteiger partial charge in [0, 0.05) is 10.6 Å². The lowest BCUT2D eigenvalue weighted by atomic mass is 10.1. The first kappa shape index (κ1) is 10.8. The third kappa shape index (κ3) is 2.33. The van der Waals surface area contributed by atoms with Gasteiger partial charge in [0.25, 0.3) is 0 Å². The van der Waals surface area contributed by atoms with E-state index in [-0.39, 0.29) is 0 Å². The number of nitrogens with one attached hydrogen (secondary N) is 1. The molecule has 0 aliphatic rings. The van der Waals surface area contributed by atoms with Gasteiger partial charge in [-0.2, -0.15) is 0 Å². The summed E-state index contributed by atoms with van der Waals surface area (Å²) in [5.74, 6) is 1.44. The van der Waals surface area contributed by atoms with Gasteiger partial charge in [-0.25, -0.2) is 4.98 Å². The van der Waals surface area contributed by atoms with Crippen LogP contribution in [0.25, 0.3) is 0 Å². The predicted molar refractivity (Wildman–Crippen MR) is 65.3 cm³/mol. The fourth-order valence-electron chi connectivity index (χ4n) is 1.19. The van der Waals surface area contributed by atoms with E-state index in [1.54, 1.807) is 0 Å². The van der Waals surface area contributed by atoms with E-state index in [1.165, 1.54) is 14.8 Å². The topological polar surface area (TPSA) is 24.9 Å². The van der Waals surface area contributed by atoms with Gasteiger partial charge in [-0.3, -0.25) is 0 Å². The van der Waals surface area contributed by atoms with Crippen molar-refractivity contribution in [2.45, 2.75) is 26.7 Å². The predicted octanol–water partition coefficient (Wildman–Crippen LogP) is 3.16. The zero-order valence-corrected chi connectivity index (χ0v) is 10.6. The molecule has 0 aliphatic heterocycles. The molecule has 0 aliphatic carbocycles. The van der Waals surface area contributed by atoms with Gasteiger partial charge in [0.1, 0.15) is 5.82 Å². The maximum Gasteiger partial charge on any atom is 0.126 e. The van der Waals surface area contributed by atoms with Crippen LogP contribution in [-0.4, -0.2) is 12.0 Å². The summed E-state index contributed by atoms with van der Waals surface area (Å²) >= 11 is 2.36. The van der Waals surface area contributed by atoms with Crippen molar-refractivity contribution in [3.8, 4) is 0 Å². The molecule has 1 aromatic rings. The molecule has 1 heterocycles. The van der Waals surface area contributed by atoms with Gasteiger partial charge in [0.05, 0.1) is 5.69 Å². The Morgan fingerprint density at radius 2 is 2.08 bits per heavy atom. The molecule has 0 atom stereocenters. The monoisotopic (exact) mass is 290 g/mol. The summed E-state index contributed by atoms with van der Waals surface area (Å²) in [6.45, 7) is 6.46. The first-order valence-electron chi connectivity index (χ1n) is 4.41. The molecule has 0 aromatic carbocycles. The molecule has 1 aromatic heterocycles. The molecule has 1 rings (SSSR count). The number of nitrogens with zero attached hydrogens (tertiary/aromatic N) is 1. The van der Waals surface area contributed by atoms with Gasteiger partial charge in [0.2, 0.25) is 0 Å². The third-order valence-electron chi connectivity index (χ3n) is 1.97. The number of aryl methyl sites for hydroxylation is 1. The van der Waals surface area contributed by atoms with Crippen molar-refractivity contribution < 1.29 is 0 Å². The standard InChI is InChI=1S/C10H15IN2/c1-6(2)10-9(11)7(3)5-8(12-4)13-10/h5-6H,1-4H3,(H,12,13). The van der Waals surface area contributed by atoms with Crippen molar-refractivity contribution in [1.29, 1.82) is 0 Å². The molecule has 0 fully saturated rings. The molecule has 0 bridgehead atoms. The highest BCUT2D eigenvalue weighted by atomic mass is 127. The smallest absolute Gasteiger partial charge is 0.126 e. The van der Waals surface area contributed by atoms with E-state index in [4.69, 9.17) is 0 Å². The third-order valence-corrected chi connectivity index (χ3v) is 3.37. The van der Waals surface area contributed by atoms with E-state index in [9.17, 15) is 0 Å². The van der Waals surface area contributed by atoms with Gasteiger partial charge in [0.15, 0.2) is 0 Å². The van der Waals surface area contributed by atoms with Crippen molar-refractivity contribution >= 4 is 28.4 Å². The first-order chi connectivity index (χ1) is 6.06. The summed E-state index contributed by atoms with van der Waals surface area (Å²) in [4.78, 5) is 4.53. The van der Waals surface area contributed by atoms with Crippen LogP contribution in [0.15, 0.2) is 6.07 Å². The molecule has 0 saturated carbocycles. The number of halogens is 1. The maximum absolute atomic E-state index is 4.53. The van der Waals surface area contributed by atoms with Gasteiger partial charge in [-0.1, -0.05) is 13.8 Å². The highest BCUT2D eigenvalue weighted by Crippen LogP contribution is 2.24. The summed E-state index contributed by atoms with van der Waals surface area (Å²) in [7, 11) is 1.90. The molecule has 13 heavy (non-hydrogen) atoms. The van der Waals surface area contributed by atoms with Crippen molar-refractivity contribution in [3.05, 3.63) is 20.9 Å². The Bertz CT molecular complexity index is 308. The zero-order valence-electron chi connectivity index (χ0n) is 8.48. The van der Waals surface area contributed by atoms with Gasteiger partial charge in [-0.05, 0) is 47.1 Å². The lowest BCUT2D eigenvalue weighted by molar-refractivity contribution is 0.814. The molecule has 72 valence electrons. The minimum Gasteiger partial charge on any atom is -0.373 e. The highest BCUT2D eigenvalue weighted by molar-refractivity contribution is 14.1. The maximum atomic E-state index is 4.53. The van der Waals surface area contributed by atoms with Crippen molar-refractivity contribution in [2.75, 3.05) is 12.4 Å². The Morgan fingerprint density at radius 3 is 2.54 bits per heavy atom. The summed E-state index contributed by atoms with van der Waals surface area (Å²) < 4.78 is 1.28. The second-order valence-corrected chi connectivity index (χ2v) is 4.51. The number of anilines is 1. The summed E-state index contributed by atoms with van der Waals surface area (Å²) in [6, 6.07) is 2.08. The zero-order chi connectivity index (χ0) is 10.0. The minimum atomic E-state index is 0.485. The number of pyridine rings is 1. The average molecular weight is 290 g/mol. The van der Waals surface area contributed by atoms with E-state index >= 15 is 0 Å². The van der Waals surface area contributed by atoms with Gasteiger partial charge < -0.3 is 5.32 Å². The Kier molecular flexibility index (Phi) is 3.53. The molecule has 0 saturated heterocycles. The van der Waals surface area contributed by atoms with E-state index in [0.717, 1.165) is 5.82 Å².